The third-order valence-corrected chi connectivity index (χ3v) is 3.25. The van der Waals surface area contributed by atoms with Crippen molar-refractivity contribution in [1.82, 2.24) is 5.32 Å². The first-order valence-electron chi connectivity index (χ1n) is 6.50. The largest absolute Gasteiger partial charge is 0.376 e. The number of hydrogen-bond acceptors (Lipinski definition) is 4. The van der Waals surface area contributed by atoms with Gasteiger partial charge in [-0.15, -0.1) is 0 Å². The van der Waals surface area contributed by atoms with Gasteiger partial charge in [-0.3, -0.25) is 0 Å². The first-order valence-corrected chi connectivity index (χ1v) is 6.50. The van der Waals surface area contributed by atoms with Crippen LogP contribution in [0.5, 0.6) is 0 Å². The summed E-state index contributed by atoms with van der Waals surface area (Å²) in [6, 6.07) is 0. The van der Waals surface area contributed by atoms with Crippen LogP contribution >= 0.6 is 0 Å². The second-order valence-corrected chi connectivity index (χ2v) is 4.31. The van der Waals surface area contributed by atoms with E-state index in [0.29, 0.717) is 0 Å². The third-order valence-electron chi connectivity index (χ3n) is 3.25. The van der Waals surface area contributed by atoms with E-state index in [0.717, 1.165) is 25.9 Å². The smallest absolute Gasteiger partial charge is 0.193 e. The lowest BCUT2D eigenvalue weighted by Gasteiger charge is -2.35. The number of nitrogens with one attached hydrogen (secondary N) is 1. The van der Waals surface area contributed by atoms with Crippen LogP contribution < -0.4 is 5.32 Å². The van der Waals surface area contributed by atoms with E-state index in [9.17, 15) is 0 Å². The van der Waals surface area contributed by atoms with E-state index in [2.05, 4.69) is 12.2 Å². The Morgan fingerprint density at radius 1 is 1.06 bits per heavy atom. The SMILES string of the molecule is CCCCNCCCC(OC)(OC)C(C)OC. The zero-order valence-corrected chi connectivity index (χ0v) is 12.0. The molecule has 104 valence electrons. The molecule has 1 atom stereocenters. The quantitative estimate of drug-likeness (QED) is 0.449. The lowest BCUT2D eigenvalue weighted by Crippen LogP contribution is -2.45. The van der Waals surface area contributed by atoms with Gasteiger partial charge < -0.3 is 19.5 Å². The summed E-state index contributed by atoms with van der Waals surface area (Å²) in [4.78, 5) is 0. The van der Waals surface area contributed by atoms with Crippen molar-refractivity contribution >= 4 is 0 Å². The number of methoxy groups -OCH3 is 3. The summed E-state index contributed by atoms with van der Waals surface area (Å²) in [5.41, 5.74) is 0. The molecule has 0 aliphatic heterocycles. The summed E-state index contributed by atoms with van der Waals surface area (Å²) in [6.45, 7) is 6.24. The van der Waals surface area contributed by atoms with Crippen LogP contribution in [0.15, 0.2) is 0 Å². The molecule has 0 aliphatic carbocycles. The van der Waals surface area contributed by atoms with Crippen molar-refractivity contribution in [2.45, 2.75) is 51.4 Å². The van der Waals surface area contributed by atoms with Crippen LogP contribution in [0, 0.1) is 0 Å². The molecule has 0 aromatic rings. The van der Waals surface area contributed by atoms with Crippen molar-refractivity contribution in [2.75, 3.05) is 34.4 Å². The Balaban J connectivity index is 3.92. The van der Waals surface area contributed by atoms with E-state index >= 15 is 0 Å². The Hall–Kier alpha value is -0.160. The standard InChI is InChI=1S/C13H29NO3/c1-6-7-10-14-11-8-9-13(16-4,17-5)12(2)15-3/h12,14H,6-11H2,1-5H3. The maximum Gasteiger partial charge on any atom is 0.193 e. The lowest BCUT2D eigenvalue weighted by atomic mass is 10.0. The molecule has 4 nitrogen and oxygen atoms in total. The first kappa shape index (κ1) is 16.8. The molecule has 0 saturated carbocycles. The van der Waals surface area contributed by atoms with Gasteiger partial charge in [-0.05, 0) is 32.9 Å². The predicted molar refractivity (Wildman–Crippen MR) is 70.2 cm³/mol. The molecule has 0 aromatic heterocycles. The molecule has 0 rings (SSSR count). The molecular formula is C13H29NO3. The van der Waals surface area contributed by atoms with Gasteiger partial charge in [0.25, 0.3) is 0 Å². The van der Waals surface area contributed by atoms with E-state index in [1.54, 1.807) is 21.3 Å². The molecule has 1 N–H and O–H groups in total. The Kier molecular flexibility index (Phi) is 9.74. The second-order valence-electron chi connectivity index (χ2n) is 4.31. The molecule has 1 unspecified atom stereocenters. The summed E-state index contributed by atoms with van der Waals surface area (Å²) >= 11 is 0. The number of hydrogen-bond donors (Lipinski definition) is 1. The van der Waals surface area contributed by atoms with Crippen molar-refractivity contribution in [3.8, 4) is 0 Å². The molecule has 0 aromatic carbocycles. The van der Waals surface area contributed by atoms with Gasteiger partial charge in [-0.2, -0.15) is 0 Å². The van der Waals surface area contributed by atoms with Gasteiger partial charge >= 0.3 is 0 Å². The van der Waals surface area contributed by atoms with Gasteiger partial charge in [0, 0.05) is 27.8 Å². The number of unbranched alkanes of at least 4 members (excludes halogenated alkanes) is 1. The van der Waals surface area contributed by atoms with Crippen LogP contribution in [-0.2, 0) is 14.2 Å². The van der Waals surface area contributed by atoms with Crippen molar-refractivity contribution in [3.63, 3.8) is 0 Å². The molecule has 17 heavy (non-hydrogen) atoms. The second kappa shape index (κ2) is 9.83. The summed E-state index contributed by atoms with van der Waals surface area (Å²) in [6.07, 6.45) is 4.22. The van der Waals surface area contributed by atoms with Gasteiger partial charge in [0.2, 0.25) is 0 Å². The predicted octanol–water partition coefficient (Wildman–Crippen LogP) is 2.18. The van der Waals surface area contributed by atoms with Crippen LogP contribution in [0.1, 0.15) is 39.5 Å². The van der Waals surface area contributed by atoms with Gasteiger partial charge in [-0.1, -0.05) is 13.3 Å². The molecule has 0 heterocycles. The lowest BCUT2D eigenvalue weighted by molar-refractivity contribution is -0.263. The zero-order valence-electron chi connectivity index (χ0n) is 12.0. The van der Waals surface area contributed by atoms with Crippen molar-refractivity contribution in [2.24, 2.45) is 0 Å². The summed E-state index contributed by atoms with van der Waals surface area (Å²) in [5, 5.41) is 3.41. The number of ether oxygens (including phenoxy) is 3. The Labute approximate surface area is 106 Å². The molecule has 0 aliphatic rings. The van der Waals surface area contributed by atoms with Gasteiger partial charge in [0.05, 0.1) is 0 Å². The van der Waals surface area contributed by atoms with Crippen LogP contribution in [-0.4, -0.2) is 46.3 Å². The highest BCUT2D eigenvalue weighted by molar-refractivity contribution is 4.77. The average Bonchev–Trinajstić information content (AvgIpc) is 2.38. The number of rotatable bonds is 11. The summed E-state index contributed by atoms with van der Waals surface area (Å²) < 4.78 is 16.3. The maximum atomic E-state index is 5.49. The molecule has 0 radical (unpaired) electrons. The normalized spacial score (nSPS) is 13.9. The van der Waals surface area contributed by atoms with Gasteiger partial charge in [0.15, 0.2) is 5.79 Å². The minimum Gasteiger partial charge on any atom is -0.376 e. The Morgan fingerprint density at radius 3 is 2.12 bits per heavy atom. The van der Waals surface area contributed by atoms with Crippen LogP contribution in [0.25, 0.3) is 0 Å². The monoisotopic (exact) mass is 247 g/mol. The van der Waals surface area contributed by atoms with E-state index in [-0.39, 0.29) is 6.10 Å². The zero-order chi connectivity index (χ0) is 13.1. The highest BCUT2D eigenvalue weighted by Crippen LogP contribution is 2.24. The molecular weight excluding hydrogens is 218 g/mol. The van der Waals surface area contributed by atoms with Gasteiger partial charge in [-0.25, -0.2) is 0 Å². The van der Waals surface area contributed by atoms with Gasteiger partial charge in [0.1, 0.15) is 6.10 Å². The fourth-order valence-electron chi connectivity index (χ4n) is 1.89. The van der Waals surface area contributed by atoms with Crippen LogP contribution in [0.2, 0.25) is 0 Å². The molecule has 4 heteroatoms. The minimum atomic E-state index is -0.624. The van der Waals surface area contributed by atoms with Crippen molar-refractivity contribution < 1.29 is 14.2 Å². The van der Waals surface area contributed by atoms with Crippen LogP contribution in [0.4, 0.5) is 0 Å². The topological polar surface area (TPSA) is 39.7 Å². The summed E-state index contributed by atoms with van der Waals surface area (Å²) in [5.74, 6) is -0.624. The Bertz CT molecular complexity index is 172. The van der Waals surface area contributed by atoms with Crippen molar-refractivity contribution in [1.29, 1.82) is 0 Å². The molecule has 0 amide bonds. The fourth-order valence-corrected chi connectivity index (χ4v) is 1.89. The summed E-state index contributed by atoms with van der Waals surface area (Å²) in [7, 11) is 5.02. The molecule has 0 bridgehead atoms. The fraction of sp³-hybridized carbons (Fsp3) is 1.00. The molecule has 0 saturated heterocycles. The average molecular weight is 247 g/mol. The van der Waals surface area contributed by atoms with Crippen molar-refractivity contribution in [3.05, 3.63) is 0 Å². The highest BCUT2D eigenvalue weighted by atomic mass is 16.7. The highest BCUT2D eigenvalue weighted by Gasteiger charge is 2.36. The first-order chi connectivity index (χ1) is 8.16. The van der Waals surface area contributed by atoms with E-state index in [4.69, 9.17) is 14.2 Å². The van der Waals surface area contributed by atoms with E-state index in [1.165, 1.54) is 12.8 Å². The van der Waals surface area contributed by atoms with E-state index < -0.39 is 5.79 Å². The maximum absolute atomic E-state index is 5.49. The minimum absolute atomic E-state index is 0.0758. The molecule has 0 fully saturated rings. The van der Waals surface area contributed by atoms with E-state index in [1.807, 2.05) is 6.92 Å². The third kappa shape index (κ3) is 5.82. The van der Waals surface area contributed by atoms with Crippen LogP contribution in [0.3, 0.4) is 0 Å². The Morgan fingerprint density at radius 2 is 1.65 bits per heavy atom. The molecule has 0 spiro atoms.